The molecule has 0 bridgehead atoms. The van der Waals surface area contributed by atoms with Crippen LogP contribution in [0.2, 0.25) is 0 Å². The maximum Gasteiger partial charge on any atom is 0.261 e. The molecule has 2 amide bonds. The second-order valence-corrected chi connectivity index (χ2v) is 6.26. The van der Waals surface area contributed by atoms with Crippen molar-refractivity contribution in [3.05, 3.63) is 51.2 Å². The molecule has 4 nitrogen and oxygen atoms in total. The molecule has 0 aliphatic carbocycles. The minimum Gasteiger partial charge on any atom is -0.380 e. The molecule has 2 heterocycles. The summed E-state index contributed by atoms with van der Waals surface area (Å²) >= 11 is 1.79. The van der Waals surface area contributed by atoms with E-state index in [1.54, 1.807) is 23.5 Å². The fourth-order valence-electron chi connectivity index (χ4n) is 2.37. The summed E-state index contributed by atoms with van der Waals surface area (Å²) < 4.78 is 0. The normalized spacial score (nSPS) is 13.7. The van der Waals surface area contributed by atoms with Gasteiger partial charge in [-0.25, -0.2) is 0 Å². The van der Waals surface area contributed by atoms with Gasteiger partial charge in [0.1, 0.15) is 0 Å². The first-order valence-electron chi connectivity index (χ1n) is 6.88. The van der Waals surface area contributed by atoms with Gasteiger partial charge >= 0.3 is 0 Å². The van der Waals surface area contributed by atoms with Crippen LogP contribution in [-0.4, -0.2) is 23.8 Å². The van der Waals surface area contributed by atoms with Crippen molar-refractivity contribution in [3.63, 3.8) is 0 Å². The highest BCUT2D eigenvalue weighted by atomic mass is 32.1. The highest BCUT2D eigenvalue weighted by Crippen LogP contribution is 2.25. The second kappa shape index (κ2) is 5.33. The van der Waals surface area contributed by atoms with Crippen LogP contribution < -0.4 is 5.32 Å². The van der Waals surface area contributed by atoms with Gasteiger partial charge in [0.25, 0.3) is 11.8 Å². The van der Waals surface area contributed by atoms with Gasteiger partial charge in [-0.2, -0.15) is 0 Å². The standard InChI is InChI=1S/C16H16N2O2S/c1-3-11-5-6-12(21-11)9-17-10-4-7-13-14(8-10)16(20)18(2)15(13)19/h4-8,17H,3,9H2,1-2H3. The maximum absolute atomic E-state index is 12.0. The quantitative estimate of drug-likeness (QED) is 0.882. The Morgan fingerprint density at radius 3 is 2.48 bits per heavy atom. The van der Waals surface area contributed by atoms with E-state index in [-0.39, 0.29) is 11.8 Å². The van der Waals surface area contributed by atoms with Crippen LogP contribution >= 0.6 is 11.3 Å². The van der Waals surface area contributed by atoms with Crippen LogP contribution in [0.25, 0.3) is 0 Å². The molecule has 0 saturated carbocycles. The fraction of sp³-hybridized carbons (Fsp3) is 0.250. The van der Waals surface area contributed by atoms with E-state index in [0.717, 1.165) is 23.6 Å². The van der Waals surface area contributed by atoms with Crippen molar-refractivity contribution in [2.45, 2.75) is 19.9 Å². The molecule has 108 valence electrons. The Morgan fingerprint density at radius 1 is 1.05 bits per heavy atom. The molecule has 5 heteroatoms. The molecule has 1 N–H and O–H groups in total. The SMILES string of the molecule is CCc1ccc(CNc2ccc3c(c2)C(=O)N(C)C3=O)s1. The molecule has 0 saturated heterocycles. The van der Waals surface area contributed by atoms with Crippen LogP contribution in [-0.2, 0) is 13.0 Å². The molecule has 1 aromatic heterocycles. The van der Waals surface area contributed by atoms with E-state index in [1.807, 2.05) is 6.07 Å². The Hall–Kier alpha value is -2.14. The molecule has 2 aromatic rings. The zero-order valence-electron chi connectivity index (χ0n) is 12.0. The number of benzene rings is 1. The molecule has 0 unspecified atom stereocenters. The summed E-state index contributed by atoms with van der Waals surface area (Å²) in [5.41, 5.74) is 1.82. The van der Waals surface area contributed by atoms with Gasteiger partial charge in [-0.05, 0) is 36.8 Å². The number of carbonyl (C=O) groups is 2. The number of hydrogen-bond donors (Lipinski definition) is 1. The van der Waals surface area contributed by atoms with Gasteiger partial charge < -0.3 is 5.32 Å². The molecule has 0 fully saturated rings. The summed E-state index contributed by atoms with van der Waals surface area (Å²) in [6.45, 7) is 2.87. The van der Waals surface area contributed by atoms with Crippen molar-refractivity contribution in [1.29, 1.82) is 0 Å². The topological polar surface area (TPSA) is 49.4 Å². The first-order valence-corrected chi connectivity index (χ1v) is 7.69. The maximum atomic E-state index is 12.0. The van der Waals surface area contributed by atoms with Gasteiger partial charge in [0.2, 0.25) is 0 Å². The van der Waals surface area contributed by atoms with Gasteiger partial charge in [-0.1, -0.05) is 6.92 Å². The number of anilines is 1. The van der Waals surface area contributed by atoms with Crippen molar-refractivity contribution in [2.24, 2.45) is 0 Å². The van der Waals surface area contributed by atoms with Crippen molar-refractivity contribution in [2.75, 3.05) is 12.4 Å². The molecule has 3 rings (SSSR count). The molecule has 1 aliphatic heterocycles. The predicted octanol–water partition coefficient (Wildman–Crippen LogP) is 3.15. The van der Waals surface area contributed by atoms with Gasteiger partial charge in [-0.15, -0.1) is 11.3 Å². The lowest BCUT2D eigenvalue weighted by Gasteiger charge is -2.06. The smallest absolute Gasteiger partial charge is 0.261 e. The predicted molar refractivity (Wildman–Crippen MR) is 83.9 cm³/mol. The minimum atomic E-state index is -0.233. The van der Waals surface area contributed by atoms with E-state index in [9.17, 15) is 9.59 Å². The number of hydrogen-bond acceptors (Lipinski definition) is 4. The lowest BCUT2D eigenvalue weighted by molar-refractivity contribution is 0.0693. The molecular weight excluding hydrogens is 284 g/mol. The zero-order valence-corrected chi connectivity index (χ0v) is 12.8. The lowest BCUT2D eigenvalue weighted by atomic mass is 10.1. The van der Waals surface area contributed by atoms with Crippen LogP contribution in [0.1, 0.15) is 37.4 Å². The number of thiophene rings is 1. The van der Waals surface area contributed by atoms with Gasteiger partial charge in [-0.3, -0.25) is 14.5 Å². The summed E-state index contributed by atoms with van der Waals surface area (Å²) in [6, 6.07) is 9.58. The number of rotatable bonds is 4. The van der Waals surface area contributed by atoms with E-state index >= 15 is 0 Å². The number of imide groups is 1. The van der Waals surface area contributed by atoms with E-state index in [4.69, 9.17) is 0 Å². The van der Waals surface area contributed by atoms with Crippen molar-refractivity contribution >= 4 is 28.8 Å². The Kier molecular flexibility index (Phi) is 3.51. The van der Waals surface area contributed by atoms with Crippen LogP contribution in [0, 0.1) is 0 Å². The summed E-state index contributed by atoms with van der Waals surface area (Å²) in [5, 5.41) is 3.31. The molecule has 1 aromatic carbocycles. The Bertz CT molecular complexity index is 721. The molecule has 1 aliphatic rings. The minimum absolute atomic E-state index is 0.229. The van der Waals surface area contributed by atoms with Crippen molar-refractivity contribution in [3.8, 4) is 0 Å². The van der Waals surface area contributed by atoms with Crippen LogP contribution in [0.4, 0.5) is 5.69 Å². The fourth-order valence-corrected chi connectivity index (χ4v) is 3.27. The zero-order chi connectivity index (χ0) is 15.0. The summed E-state index contributed by atoms with van der Waals surface area (Å²) in [7, 11) is 1.51. The number of nitrogens with zero attached hydrogens (tertiary/aromatic N) is 1. The number of nitrogens with one attached hydrogen (secondary N) is 1. The largest absolute Gasteiger partial charge is 0.380 e. The average Bonchev–Trinajstić information content (AvgIpc) is 3.05. The monoisotopic (exact) mass is 300 g/mol. The summed E-state index contributed by atoms with van der Waals surface area (Å²) in [4.78, 5) is 27.5. The third-order valence-corrected chi connectivity index (χ3v) is 4.85. The number of fused-ring (bicyclic) bond motifs is 1. The van der Waals surface area contributed by atoms with Gasteiger partial charge in [0, 0.05) is 29.0 Å². The summed E-state index contributed by atoms with van der Waals surface area (Å²) in [5.74, 6) is -0.463. The van der Waals surface area contributed by atoms with Crippen molar-refractivity contribution < 1.29 is 9.59 Å². The van der Waals surface area contributed by atoms with Crippen LogP contribution in [0.3, 0.4) is 0 Å². The number of aryl methyl sites for hydroxylation is 1. The van der Waals surface area contributed by atoms with Crippen LogP contribution in [0.5, 0.6) is 0 Å². The third kappa shape index (κ3) is 2.45. The highest BCUT2D eigenvalue weighted by Gasteiger charge is 2.32. The first kappa shape index (κ1) is 13.8. The molecule has 21 heavy (non-hydrogen) atoms. The third-order valence-electron chi connectivity index (χ3n) is 3.62. The Labute approximate surface area is 127 Å². The van der Waals surface area contributed by atoms with E-state index in [1.165, 1.54) is 16.8 Å². The average molecular weight is 300 g/mol. The lowest BCUT2D eigenvalue weighted by Crippen LogP contribution is -2.24. The van der Waals surface area contributed by atoms with Crippen molar-refractivity contribution in [1.82, 2.24) is 4.90 Å². The van der Waals surface area contributed by atoms with E-state index < -0.39 is 0 Å². The molecule has 0 atom stereocenters. The Balaban J connectivity index is 1.76. The number of amides is 2. The van der Waals surface area contributed by atoms with Crippen LogP contribution in [0.15, 0.2) is 30.3 Å². The number of carbonyl (C=O) groups excluding carboxylic acids is 2. The van der Waals surface area contributed by atoms with E-state index in [2.05, 4.69) is 24.4 Å². The van der Waals surface area contributed by atoms with Gasteiger partial charge in [0.15, 0.2) is 0 Å². The van der Waals surface area contributed by atoms with E-state index in [0.29, 0.717) is 11.1 Å². The van der Waals surface area contributed by atoms with Gasteiger partial charge in [0.05, 0.1) is 11.1 Å². The highest BCUT2D eigenvalue weighted by molar-refractivity contribution is 7.12. The Morgan fingerprint density at radius 2 is 1.76 bits per heavy atom. The molecular formula is C16H16N2O2S. The first-order chi connectivity index (χ1) is 10.1. The second-order valence-electron chi connectivity index (χ2n) is 5.00. The molecule has 0 spiro atoms. The molecule has 0 radical (unpaired) electrons. The summed E-state index contributed by atoms with van der Waals surface area (Å²) in [6.07, 6.45) is 1.05.